The third-order valence-electron chi connectivity index (χ3n) is 2.05. The summed E-state index contributed by atoms with van der Waals surface area (Å²) in [5.74, 6) is 0.00958. The SMILES string of the molecule is COCn1cc([N+](=O)[O-])c(OC2COC2)n1. The van der Waals surface area contributed by atoms with Gasteiger partial charge in [-0.05, 0) is 0 Å². The Morgan fingerprint density at radius 2 is 2.50 bits per heavy atom. The van der Waals surface area contributed by atoms with Gasteiger partial charge in [-0.1, -0.05) is 0 Å². The molecule has 1 aromatic heterocycles. The lowest BCUT2D eigenvalue weighted by atomic mass is 10.3. The molecule has 0 amide bonds. The molecule has 0 unspecified atom stereocenters. The molecule has 0 N–H and O–H groups in total. The Morgan fingerprint density at radius 1 is 1.75 bits per heavy atom. The first-order chi connectivity index (χ1) is 7.70. The maximum Gasteiger partial charge on any atom is 0.350 e. The van der Waals surface area contributed by atoms with Crippen LogP contribution in [-0.4, -0.2) is 41.1 Å². The van der Waals surface area contributed by atoms with E-state index in [0.717, 1.165) is 0 Å². The van der Waals surface area contributed by atoms with Gasteiger partial charge in [-0.3, -0.25) is 10.1 Å². The average Bonchev–Trinajstić information content (AvgIpc) is 2.55. The molecule has 1 aliphatic heterocycles. The fourth-order valence-corrected chi connectivity index (χ4v) is 1.24. The first-order valence-corrected chi connectivity index (χ1v) is 4.66. The minimum absolute atomic E-state index is 0.00958. The predicted octanol–water partition coefficient (Wildman–Crippen LogP) is 0.173. The Balaban J connectivity index is 2.15. The number of aromatic nitrogens is 2. The Bertz CT molecular complexity index is 387. The molecule has 0 saturated carbocycles. The van der Waals surface area contributed by atoms with E-state index in [-0.39, 0.29) is 24.4 Å². The first kappa shape index (κ1) is 10.8. The minimum atomic E-state index is -0.534. The number of nitro groups is 1. The van der Waals surface area contributed by atoms with E-state index in [1.807, 2.05) is 0 Å². The number of hydrogen-bond donors (Lipinski definition) is 0. The van der Waals surface area contributed by atoms with Crippen LogP contribution in [0.5, 0.6) is 5.88 Å². The van der Waals surface area contributed by atoms with Crippen molar-refractivity contribution in [2.75, 3.05) is 20.3 Å². The monoisotopic (exact) mass is 229 g/mol. The van der Waals surface area contributed by atoms with Crippen molar-refractivity contribution in [3.8, 4) is 5.88 Å². The van der Waals surface area contributed by atoms with Crippen molar-refractivity contribution in [2.24, 2.45) is 0 Å². The average molecular weight is 229 g/mol. The lowest BCUT2D eigenvalue weighted by Crippen LogP contribution is -2.38. The standard InChI is InChI=1S/C8H11N3O5/c1-14-5-10-2-7(11(12)13)8(9-10)16-6-3-15-4-6/h2,6H,3-5H2,1H3. The summed E-state index contributed by atoms with van der Waals surface area (Å²) in [5, 5.41) is 14.6. The summed E-state index contributed by atoms with van der Waals surface area (Å²) in [6, 6.07) is 0. The van der Waals surface area contributed by atoms with Gasteiger partial charge in [-0.2, -0.15) is 0 Å². The van der Waals surface area contributed by atoms with Gasteiger partial charge >= 0.3 is 11.6 Å². The number of rotatable bonds is 5. The molecule has 2 heterocycles. The molecule has 0 spiro atoms. The third kappa shape index (κ3) is 2.12. The Labute approximate surface area is 90.9 Å². The van der Waals surface area contributed by atoms with Crippen LogP contribution in [0.15, 0.2) is 6.20 Å². The van der Waals surface area contributed by atoms with Crippen molar-refractivity contribution in [3.63, 3.8) is 0 Å². The van der Waals surface area contributed by atoms with E-state index in [4.69, 9.17) is 14.2 Å². The van der Waals surface area contributed by atoms with Gasteiger partial charge < -0.3 is 14.2 Å². The van der Waals surface area contributed by atoms with Crippen LogP contribution in [0, 0.1) is 10.1 Å². The van der Waals surface area contributed by atoms with Crippen molar-refractivity contribution in [3.05, 3.63) is 16.3 Å². The number of nitrogens with zero attached hydrogens (tertiary/aromatic N) is 3. The van der Waals surface area contributed by atoms with Crippen molar-refractivity contribution < 1.29 is 19.1 Å². The first-order valence-electron chi connectivity index (χ1n) is 4.66. The Kier molecular flexibility index (Phi) is 3.02. The van der Waals surface area contributed by atoms with Crippen molar-refractivity contribution >= 4 is 5.69 Å². The second-order valence-corrected chi connectivity index (χ2v) is 3.31. The van der Waals surface area contributed by atoms with Crippen LogP contribution in [0.4, 0.5) is 5.69 Å². The van der Waals surface area contributed by atoms with Gasteiger partial charge in [0.1, 0.15) is 19.0 Å². The summed E-state index contributed by atoms with van der Waals surface area (Å²) < 4.78 is 16.4. The fraction of sp³-hybridized carbons (Fsp3) is 0.625. The molecule has 8 nitrogen and oxygen atoms in total. The van der Waals surface area contributed by atoms with E-state index >= 15 is 0 Å². The largest absolute Gasteiger partial charge is 0.464 e. The fourth-order valence-electron chi connectivity index (χ4n) is 1.24. The number of hydrogen-bond acceptors (Lipinski definition) is 6. The minimum Gasteiger partial charge on any atom is -0.464 e. The molecule has 1 saturated heterocycles. The summed E-state index contributed by atoms with van der Waals surface area (Å²) >= 11 is 0. The zero-order valence-corrected chi connectivity index (χ0v) is 8.66. The Morgan fingerprint density at radius 3 is 3.00 bits per heavy atom. The summed E-state index contributed by atoms with van der Waals surface area (Å²) in [4.78, 5) is 10.2. The van der Waals surface area contributed by atoms with Crippen LogP contribution in [-0.2, 0) is 16.2 Å². The molecule has 1 aliphatic rings. The summed E-state index contributed by atoms with van der Waals surface area (Å²) in [5.41, 5.74) is -0.163. The molecule has 0 aromatic carbocycles. The second-order valence-electron chi connectivity index (χ2n) is 3.31. The summed E-state index contributed by atoms with van der Waals surface area (Å²) in [6.07, 6.45) is 1.13. The maximum absolute atomic E-state index is 10.7. The van der Waals surface area contributed by atoms with Crippen LogP contribution in [0.25, 0.3) is 0 Å². The van der Waals surface area contributed by atoms with E-state index in [1.165, 1.54) is 18.0 Å². The molecule has 0 radical (unpaired) electrons. The van der Waals surface area contributed by atoms with Gasteiger partial charge in [0.2, 0.25) is 0 Å². The summed E-state index contributed by atoms with van der Waals surface area (Å²) in [6.45, 7) is 1.02. The van der Waals surface area contributed by atoms with Gasteiger partial charge in [-0.25, -0.2) is 4.68 Å². The van der Waals surface area contributed by atoms with Crippen molar-refractivity contribution in [2.45, 2.75) is 12.8 Å². The van der Waals surface area contributed by atoms with Crippen molar-refractivity contribution in [1.29, 1.82) is 0 Å². The molecule has 2 rings (SSSR count). The highest BCUT2D eigenvalue weighted by Crippen LogP contribution is 2.26. The highest BCUT2D eigenvalue weighted by molar-refractivity contribution is 5.38. The highest BCUT2D eigenvalue weighted by Gasteiger charge is 2.27. The molecule has 0 aliphatic carbocycles. The molecule has 16 heavy (non-hydrogen) atoms. The zero-order valence-electron chi connectivity index (χ0n) is 8.66. The molecular weight excluding hydrogens is 218 g/mol. The van der Waals surface area contributed by atoms with Crippen LogP contribution < -0.4 is 4.74 Å². The molecule has 1 fully saturated rings. The predicted molar refractivity (Wildman–Crippen MR) is 51.1 cm³/mol. The van der Waals surface area contributed by atoms with E-state index in [1.54, 1.807) is 0 Å². The quantitative estimate of drug-likeness (QED) is 0.528. The van der Waals surface area contributed by atoms with Crippen LogP contribution in [0.3, 0.4) is 0 Å². The van der Waals surface area contributed by atoms with Crippen molar-refractivity contribution in [1.82, 2.24) is 9.78 Å². The van der Waals surface area contributed by atoms with Crippen LogP contribution >= 0.6 is 0 Å². The maximum atomic E-state index is 10.7. The highest BCUT2D eigenvalue weighted by atomic mass is 16.6. The zero-order chi connectivity index (χ0) is 11.5. The summed E-state index contributed by atoms with van der Waals surface area (Å²) in [7, 11) is 1.48. The topological polar surface area (TPSA) is 88.7 Å². The van der Waals surface area contributed by atoms with E-state index < -0.39 is 4.92 Å². The van der Waals surface area contributed by atoms with Gasteiger partial charge in [-0.15, -0.1) is 5.10 Å². The van der Waals surface area contributed by atoms with Gasteiger partial charge in [0.25, 0.3) is 0 Å². The van der Waals surface area contributed by atoms with Crippen LogP contribution in [0.1, 0.15) is 0 Å². The lowest BCUT2D eigenvalue weighted by Gasteiger charge is -2.25. The lowest BCUT2D eigenvalue weighted by molar-refractivity contribution is -0.386. The van der Waals surface area contributed by atoms with E-state index in [2.05, 4.69) is 5.10 Å². The van der Waals surface area contributed by atoms with Crippen LogP contribution in [0.2, 0.25) is 0 Å². The van der Waals surface area contributed by atoms with E-state index in [0.29, 0.717) is 13.2 Å². The molecule has 8 heteroatoms. The molecule has 0 atom stereocenters. The number of methoxy groups -OCH3 is 1. The van der Waals surface area contributed by atoms with Gasteiger partial charge in [0.15, 0.2) is 0 Å². The number of ether oxygens (including phenoxy) is 3. The van der Waals surface area contributed by atoms with E-state index in [9.17, 15) is 10.1 Å². The third-order valence-corrected chi connectivity index (χ3v) is 2.05. The normalized spacial score (nSPS) is 15.8. The molecular formula is C8H11N3O5. The molecule has 0 bridgehead atoms. The second kappa shape index (κ2) is 4.45. The molecule has 88 valence electrons. The van der Waals surface area contributed by atoms with Gasteiger partial charge in [0, 0.05) is 7.11 Å². The van der Waals surface area contributed by atoms with Gasteiger partial charge in [0.05, 0.1) is 18.1 Å². The smallest absolute Gasteiger partial charge is 0.350 e. The Hall–Kier alpha value is -1.67. The molecule has 1 aromatic rings.